The second-order valence-corrected chi connectivity index (χ2v) is 8.91. The molecule has 164 valence electrons. The van der Waals surface area contributed by atoms with E-state index in [1.165, 1.54) is 18.3 Å². The summed E-state index contributed by atoms with van der Waals surface area (Å²) >= 11 is 6.03. The minimum absolute atomic E-state index is 0.0250. The highest BCUT2D eigenvalue weighted by Crippen LogP contribution is 2.24. The second-order valence-electron chi connectivity index (χ2n) is 6.80. The van der Waals surface area contributed by atoms with Crippen LogP contribution < -0.4 is 9.62 Å². The number of ether oxygens (including phenoxy) is 1. The molecule has 0 radical (unpaired) electrons. The summed E-state index contributed by atoms with van der Waals surface area (Å²) in [5.74, 6) is 5.54. The maximum atomic E-state index is 12.8. The average molecular weight is 464 g/mol. The zero-order valence-electron chi connectivity index (χ0n) is 16.7. The number of nitrogens with zero attached hydrogens (tertiary/aromatic N) is 2. The predicted molar refractivity (Wildman–Crippen MR) is 118 cm³/mol. The lowest BCUT2D eigenvalue weighted by atomic mass is 10.1. The van der Waals surface area contributed by atoms with Crippen molar-refractivity contribution in [2.24, 2.45) is 0 Å². The number of rotatable bonds is 7. The van der Waals surface area contributed by atoms with Gasteiger partial charge in [-0.15, -0.1) is 0 Å². The maximum Gasteiger partial charge on any atom is 0.303 e. The zero-order chi connectivity index (χ0) is 22.3. The molecule has 0 aliphatic carbocycles. The Balaban J connectivity index is 1.74. The second kappa shape index (κ2) is 10.5. The van der Waals surface area contributed by atoms with Gasteiger partial charge < -0.3 is 14.7 Å². The number of unbranched alkanes of at least 4 members (excludes halogenated alkanes) is 1. The van der Waals surface area contributed by atoms with E-state index in [2.05, 4.69) is 21.5 Å². The molecule has 1 saturated heterocycles. The van der Waals surface area contributed by atoms with E-state index in [-0.39, 0.29) is 17.0 Å². The highest BCUT2D eigenvalue weighted by molar-refractivity contribution is 7.92. The van der Waals surface area contributed by atoms with E-state index in [1.54, 1.807) is 18.2 Å². The van der Waals surface area contributed by atoms with Gasteiger partial charge in [-0.1, -0.05) is 23.4 Å². The molecule has 0 unspecified atom stereocenters. The number of halogens is 1. The van der Waals surface area contributed by atoms with Crippen molar-refractivity contribution in [3.05, 3.63) is 47.1 Å². The van der Waals surface area contributed by atoms with E-state index >= 15 is 0 Å². The van der Waals surface area contributed by atoms with E-state index in [9.17, 15) is 13.2 Å². The third-order valence-electron chi connectivity index (χ3n) is 4.51. The van der Waals surface area contributed by atoms with Crippen LogP contribution in [0.15, 0.2) is 41.4 Å². The molecule has 1 aromatic heterocycles. The minimum Gasteiger partial charge on any atom is -0.481 e. The third kappa shape index (κ3) is 6.59. The van der Waals surface area contributed by atoms with Crippen molar-refractivity contribution in [2.45, 2.75) is 24.2 Å². The zero-order valence-corrected chi connectivity index (χ0v) is 18.2. The number of carboxylic acid groups (broad SMARTS) is 1. The summed E-state index contributed by atoms with van der Waals surface area (Å²) in [4.78, 5) is 16.9. The number of hydrogen-bond donors (Lipinski definition) is 2. The summed E-state index contributed by atoms with van der Waals surface area (Å²) in [7, 11) is -3.89. The van der Waals surface area contributed by atoms with Crippen LogP contribution >= 0.6 is 11.6 Å². The van der Waals surface area contributed by atoms with E-state index in [0.717, 1.165) is 0 Å². The summed E-state index contributed by atoms with van der Waals surface area (Å²) in [5.41, 5.74) is 0.691. The predicted octanol–water partition coefficient (Wildman–Crippen LogP) is 2.98. The first-order chi connectivity index (χ1) is 14.8. The summed E-state index contributed by atoms with van der Waals surface area (Å²) in [6.07, 6.45) is 2.13. The first kappa shape index (κ1) is 22.9. The van der Waals surface area contributed by atoms with Gasteiger partial charge >= 0.3 is 5.97 Å². The molecule has 31 heavy (non-hydrogen) atoms. The van der Waals surface area contributed by atoms with Crippen LogP contribution in [0.1, 0.15) is 24.8 Å². The number of nitrogens with one attached hydrogen (secondary N) is 1. The molecular formula is C21H22ClN3O5S. The Kier molecular flexibility index (Phi) is 7.74. The molecule has 0 bridgehead atoms. The van der Waals surface area contributed by atoms with Crippen molar-refractivity contribution >= 4 is 39.1 Å². The fourth-order valence-electron chi connectivity index (χ4n) is 2.91. The summed E-state index contributed by atoms with van der Waals surface area (Å²) < 4.78 is 33.5. The van der Waals surface area contributed by atoms with Gasteiger partial charge in [0.1, 0.15) is 10.7 Å². The molecule has 2 aromatic rings. The van der Waals surface area contributed by atoms with Gasteiger partial charge in [0.15, 0.2) is 0 Å². The Bertz CT molecular complexity index is 1090. The Hall–Kier alpha value is -2.80. The normalized spacial score (nSPS) is 13.9. The number of aromatic nitrogens is 1. The van der Waals surface area contributed by atoms with Crippen molar-refractivity contribution < 1.29 is 23.1 Å². The Morgan fingerprint density at radius 1 is 1.26 bits per heavy atom. The fraction of sp³-hybridized carbons (Fsp3) is 0.333. The highest BCUT2D eigenvalue weighted by atomic mass is 35.5. The SMILES string of the molecule is O=C(O)CCCC#Cc1cc(Cl)ccc1NS(=O)(=O)c1ccc(N2CCOCC2)nc1. The number of sulfonamides is 1. The summed E-state index contributed by atoms with van der Waals surface area (Å²) in [5, 5.41) is 9.09. The first-order valence-corrected chi connectivity index (χ1v) is 11.5. The van der Waals surface area contributed by atoms with Crippen LogP contribution in [0.2, 0.25) is 5.02 Å². The largest absolute Gasteiger partial charge is 0.481 e. The number of aliphatic carboxylic acids is 1. The Morgan fingerprint density at radius 2 is 2.03 bits per heavy atom. The van der Waals surface area contributed by atoms with Crippen LogP contribution in [0.5, 0.6) is 0 Å². The highest BCUT2D eigenvalue weighted by Gasteiger charge is 2.18. The van der Waals surface area contributed by atoms with Crippen LogP contribution in [-0.4, -0.2) is 50.8 Å². The quantitative estimate of drug-likeness (QED) is 0.480. The first-order valence-electron chi connectivity index (χ1n) is 9.67. The number of benzene rings is 1. The summed E-state index contributed by atoms with van der Waals surface area (Å²) in [6, 6.07) is 7.84. The standard InChI is InChI=1S/C21H22ClN3O5S/c22-17-6-8-19(16(14-17)4-2-1-3-5-21(26)27)24-31(28,29)18-7-9-20(23-15-18)25-10-12-30-13-11-25/h6-9,14-15,24H,1,3,5,10-13H2,(H,26,27). The number of carboxylic acids is 1. The lowest BCUT2D eigenvalue weighted by Gasteiger charge is -2.27. The molecule has 0 amide bonds. The lowest BCUT2D eigenvalue weighted by molar-refractivity contribution is -0.137. The molecule has 10 heteroatoms. The van der Waals surface area contributed by atoms with Gasteiger partial charge in [0.05, 0.1) is 24.5 Å². The molecule has 0 saturated carbocycles. The van der Waals surface area contributed by atoms with Crippen LogP contribution in [0.4, 0.5) is 11.5 Å². The molecule has 0 atom stereocenters. The van der Waals surface area contributed by atoms with Crippen molar-refractivity contribution in [3.63, 3.8) is 0 Å². The summed E-state index contributed by atoms with van der Waals surface area (Å²) in [6.45, 7) is 2.63. The fourth-order valence-corrected chi connectivity index (χ4v) is 4.11. The number of hydrogen-bond acceptors (Lipinski definition) is 6. The smallest absolute Gasteiger partial charge is 0.303 e. The van der Waals surface area contributed by atoms with Gasteiger partial charge in [0, 0.05) is 37.2 Å². The van der Waals surface area contributed by atoms with Crippen molar-refractivity contribution in [2.75, 3.05) is 35.9 Å². The van der Waals surface area contributed by atoms with Crippen molar-refractivity contribution in [1.82, 2.24) is 4.98 Å². The molecule has 1 aliphatic heterocycles. The maximum absolute atomic E-state index is 12.8. The molecule has 1 fully saturated rings. The van der Waals surface area contributed by atoms with Crippen molar-refractivity contribution in [1.29, 1.82) is 0 Å². The van der Waals surface area contributed by atoms with Gasteiger partial charge in [-0.25, -0.2) is 13.4 Å². The van der Waals surface area contributed by atoms with E-state index in [1.807, 2.05) is 4.90 Å². The van der Waals surface area contributed by atoms with Crippen LogP contribution in [-0.2, 0) is 19.6 Å². The number of anilines is 2. The van der Waals surface area contributed by atoms with Gasteiger partial charge in [-0.05, 0) is 36.8 Å². The van der Waals surface area contributed by atoms with Crippen LogP contribution in [0.25, 0.3) is 0 Å². The van der Waals surface area contributed by atoms with E-state index < -0.39 is 16.0 Å². The van der Waals surface area contributed by atoms with Gasteiger partial charge in [-0.2, -0.15) is 0 Å². The average Bonchev–Trinajstić information content (AvgIpc) is 2.76. The molecule has 0 spiro atoms. The monoisotopic (exact) mass is 463 g/mol. The number of pyridine rings is 1. The van der Waals surface area contributed by atoms with Gasteiger partial charge in [0.2, 0.25) is 0 Å². The minimum atomic E-state index is -3.89. The topological polar surface area (TPSA) is 109 Å². The van der Waals surface area contributed by atoms with E-state index in [4.69, 9.17) is 21.4 Å². The van der Waals surface area contributed by atoms with Crippen LogP contribution in [0.3, 0.4) is 0 Å². The molecular weight excluding hydrogens is 442 g/mol. The Morgan fingerprint density at radius 3 is 2.71 bits per heavy atom. The number of morpholine rings is 1. The lowest BCUT2D eigenvalue weighted by Crippen LogP contribution is -2.36. The molecule has 1 aromatic carbocycles. The molecule has 8 nitrogen and oxygen atoms in total. The third-order valence-corrected chi connectivity index (χ3v) is 6.09. The van der Waals surface area contributed by atoms with Crippen LogP contribution in [0, 0.1) is 11.8 Å². The number of carbonyl (C=O) groups is 1. The van der Waals surface area contributed by atoms with E-state index in [0.29, 0.717) is 55.5 Å². The molecule has 2 N–H and O–H groups in total. The Labute approximate surface area is 186 Å². The molecule has 3 rings (SSSR count). The molecule has 1 aliphatic rings. The molecule has 2 heterocycles. The van der Waals surface area contributed by atoms with Gasteiger partial charge in [0.25, 0.3) is 10.0 Å². The van der Waals surface area contributed by atoms with Gasteiger partial charge in [-0.3, -0.25) is 9.52 Å². The van der Waals surface area contributed by atoms with Crippen molar-refractivity contribution in [3.8, 4) is 11.8 Å².